The summed E-state index contributed by atoms with van der Waals surface area (Å²) in [6, 6.07) is 4.09. The maximum atomic E-state index is 9.41. The summed E-state index contributed by atoms with van der Waals surface area (Å²) in [4.78, 5) is 0. The molecule has 0 fully saturated rings. The quantitative estimate of drug-likeness (QED) is 0.546. The van der Waals surface area contributed by atoms with E-state index >= 15 is 0 Å². The number of nitrogens with two attached hydrogens (primary N) is 2. The highest BCUT2D eigenvalue weighted by atomic mass is 16.3. The molecule has 0 aliphatic carbocycles. The molecule has 0 saturated carbocycles. The van der Waals surface area contributed by atoms with E-state index in [-0.39, 0.29) is 17.5 Å². The highest BCUT2D eigenvalue weighted by Crippen LogP contribution is 2.27. The van der Waals surface area contributed by atoms with Crippen LogP contribution in [0.4, 0.5) is 0 Å². The van der Waals surface area contributed by atoms with Crippen molar-refractivity contribution in [2.75, 3.05) is 6.54 Å². The molecule has 4 nitrogen and oxygen atoms in total. The van der Waals surface area contributed by atoms with E-state index in [1.54, 1.807) is 6.07 Å². The first kappa shape index (κ1) is 9.83. The standard InChI is InChI=1S/C9H14N2O2/c10-4-3-8(11)7-2-1-6(12)5-9(7)13/h1-2,5,8,12-13H,3-4,10-11H2/t8-/m0/s1. The third kappa shape index (κ3) is 2.34. The first-order valence-electron chi connectivity index (χ1n) is 4.12. The molecule has 0 aliphatic heterocycles. The maximum absolute atomic E-state index is 9.41. The van der Waals surface area contributed by atoms with Gasteiger partial charge in [-0.25, -0.2) is 0 Å². The molecule has 4 heteroatoms. The number of rotatable bonds is 3. The van der Waals surface area contributed by atoms with Crippen LogP contribution in [0.2, 0.25) is 0 Å². The zero-order chi connectivity index (χ0) is 9.84. The third-order valence-electron chi connectivity index (χ3n) is 1.89. The second kappa shape index (κ2) is 4.11. The van der Waals surface area contributed by atoms with Gasteiger partial charge in [0.05, 0.1) is 0 Å². The first-order chi connectivity index (χ1) is 6.15. The van der Waals surface area contributed by atoms with Gasteiger partial charge in [-0.2, -0.15) is 0 Å². The van der Waals surface area contributed by atoms with Gasteiger partial charge in [-0.15, -0.1) is 0 Å². The highest BCUT2D eigenvalue weighted by Gasteiger charge is 2.09. The summed E-state index contributed by atoms with van der Waals surface area (Å²) in [5.74, 6) is 0.0437. The van der Waals surface area contributed by atoms with Crippen molar-refractivity contribution < 1.29 is 10.2 Å². The summed E-state index contributed by atoms with van der Waals surface area (Å²) < 4.78 is 0. The molecule has 13 heavy (non-hydrogen) atoms. The van der Waals surface area contributed by atoms with Crippen LogP contribution in [-0.4, -0.2) is 16.8 Å². The van der Waals surface area contributed by atoms with E-state index in [1.807, 2.05) is 0 Å². The van der Waals surface area contributed by atoms with Crippen molar-refractivity contribution in [3.05, 3.63) is 23.8 Å². The molecule has 1 aromatic carbocycles. The van der Waals surface area contributed by atoms with Crippen molar-refractivity contribution in [2.45, 2.75) is 12.5 Å². The number of hydrogen-bond donors (Lipinski definition) is 4. The Labute approximate surface area is 76.8 Å². The maximum Gasteiger partial charge on any atom is 0.124 e. The molecule has 0 bridgehead atoms. The van der Waals surface area contributed by atoms with Crippen molar-refractivity contribution in [2.24, 2.45) is 11.5 Å². The topological polar surface area (TPSA) is 92.5 Å². The molecule has 0 aromatic heterocycles. The number of aromatic hydroxyl groups is 2. The van der Waals surface area contributed by atoms with Crippen LogP contribution in [0.3, 0.4) is 0 Å². The van der Waals surface area contributed by atoms with Gasteiger partial charge < -0.3 is 21.7 Å². The van der Waals surface area contributed by atoms with Crippen molar-refractivity contribution in [3.63, 3.8) is 0 Å². The second-order valence-corrected chi connectivity index (χ2v) is 2.93. The van der Waals surface area contributed by atoms with Gasteiger partial charge in [0.25, 0.3) is 0 Å². The van der Waals surface area contributed by atoms with Gasteiger partial charge in [-0.1, -0.05) is 6.07 Å². The van der Waals surface area contributed by atoms with Crippen LogP contribution in [-0.2, 0) is 0 Å². The van der Waals surface area contributed by atoms with Crippen molar-refractivity contribution in [1.29, 1.82) is 0 Å². The van der Waals surface area contributed by atoms with Gasteiger partial charge in [0.1, 0.15) is 11.5 Å². The molecule has 6 N–H and O–H groups in total. The predicted octanol–water partition coefficient (Wildman–Crippen LogP) is 0.446. The fourth-order valence-electron chi connectivity index (χ4n) is 1.18. The van der Waals surface area contributed by atoms with Gasteiger partial charge >= 0.3 is 0 Å². The Balaban J connectivity index is 2.88. The smallest absolute Gasteiger partial charge is 0.124 e. The van der Waals surface area contributed by atoms with Crippen molar-refractivity contribution in [1.82, 2.24) is 0 Å². The first-order valence-corrected chi connectivity index (χ1v) is 4.12. The minimum absolute atomic E-state index is 0.0148. The number of benzene rings is 1. The lowest BCUT2D eigenvalue weighted by atomic mass is 10.0. The summed E-state index contributed by atoms with van der Waals surface area (Å²) in [7, 11) is 0. The highest BCUT2D eigenvalue weighted by molar-refractivity contribution is 5.40. The molecule has 0 aliphatic rings. The fourth-order valence-corrected chi connectivity index (χ4v) is 1.18. The van der Waals surface area contributed by atoms with Gasteiger partial charge in [0.2, 0.25) is 0 Å². The van der Waals surface area contributed by atoms with Gasteiger partial charge in [-0.05, 0) is 19.0 Å². The molecule has 1 aromatic rings. The van der Waals surface area contributed by atoms with E-state index in [0.717, 1.165) is 0 Å². The monoisotopic (exact) mass is 182 g/mol. The summed E-state index contributed by atoms with van der Waals surface area (Å²) in [5.41, 5.74) is 11.7. The van der Waals surface area contributed by atoms with E-state index in [0.29, 0.717) is 18.5 Å². The minimum atomic E-state index is -0.273. The van der Waals surface area contributed by atoms with Crippen LogP contribution < -0.4 is 11.5 Å². The number of phenols is 2. The molecule has 72 valence electrons. The Morgan fingerprint density at radius 2 is 2.00 bits per heavy atom. The zero-order valence-corrected chi connectivity index (χ0v) is 7.27. The average molecular weight is 182 g/mol. The summed E-state index contributed by atoms with van der Waals surface area (Å²) in [5, 5.41) is 18.4. The average Bonchev–Trinajstić information content (AvgIpc) is 2.04. The molecule has 0 unspecified atom stereocenters. The predicted molar refractivity (Wildman–Crippen MR) is 50.4 cm³/mol. The molecule has 0 heterocycles. The summed E-state index contributed by atoms with van der Waals surface area (Å²) in [6.07, 6.45) is 0.609. The number of phenolic OH excluding ortho intramolecular Hbond substituents is 2. The Morgan fingerprint density at radius 3 is 2.54 bits per heavy atom. The lowest BCUT2D eigenvalue weighted by Crippen LogP contribution is -2.15. The molecule has 0 saturated heterocycles. The minimum Gasteiger partial charge on any atom is -0.508 e. The molecule has 1 atom stereocenters. The summed E-state index contributed by atoms with van der Waals surface area (Å²) in [6.45, 7) is 0.474. The Morgan fingerprint density at radius 1 is 1.31 bits per heavy atom. The molecule has 0 amide bonds. The van der Waals surface area contributed by atoms with Crippen molar-refractivity contribution in [3.8, 4) is 11.5 Å². The Hall–Kier alpha value is -1.26. The van der Waals surface area contributed by atoms with E-state index in [9.17, 15) is 5.11 Å². The van der Waals surface area contributed by atoms with Gasteiger partial charge in [0, 0.05) is 17.7 Å². The van der Waals surface area contributed by atoms with Crippen LogP contribution in [0.1, 0.15) is 18.0 Å². The van der Waals surface area contributed by atoms with Crippen LogP contribution in [0, 0.1) is 0 Å². The normalized spacial score (nSPS) is 12.8. The zero-order valence-electron chi connectivity index (χ0n) is 7.27. The van der Waals surface area contributed by atoms with E-state index in [2.05, 4.69) is 0 Å². The van der Waals surface area contributed by atoms with Crippen molar-refractivity contribution >= 4 is 0 Å². The molecule has 0 radical (unpaired) electrons. The van der Waals surface area contributed by atoms with Crippen LogP contribution >= 0.6 is 0 Å². The second-order valence-electron chi connectivity index (χ2n) is 2.93. The Bertz CT molecular complexity index is 289. The van der Waals surface area contributed by atoms with Crippen LogP contribution in [0.5, 0.6) is 11.5 Å². The number of hydrogen-bond acceptors (Lipinski definition) is 4. The molecule has 1 rings (SSSR count). The van der Waals surface area contributed by atoms with Crippen LogP contribution in [0.15, 0.2) is 18.2 Å². The van der Waals surface area contributed by atoms with Gasteiger partial charge in [0.15, 0.2) is 0 Å². The van der Waals surface area contributed by atoms with Gasteiger partial charge in [-0.3, -0.25) is 0 Å². The SMILES string of the molecule is NCC[C@H](N)c1ccc(O)cc1O. The fraction of sp³-hybridized carbons (Fsp3) is 0.333. The molecule has 0 spiro atoms. The lowest BCUT2D eigenvalue weighted by Gasteiger charge is -2.12. The largest absolute Gasteiger partial charge is 0.508 e. The lowest BCUT2D eigenvalue weighted by molar-refractivity contribution is 0.440. The Kier molecular flexibility index (Phi) is 3.11. The third-order valence-corrected chi connectivity index (χ3v) is 1.89. The van der Waals surface area contributed by atoms with E-state index < -0.39 is 0 Å². The van der Waals surface area contributed by atoms with E-state index in [4.69, 9.17) is 16.6 Å². The van der Waals surface area contributed by atoms with Crippen LogP contribution in [0.25, 0.3) is 0 Å². The molecular formula is C9H14N2O2. The van der Waals surface area contributed by atoms with E-state index in [1.165, 1.54) is 12.1 Å². The molecular weight excluding hydrogens is 168 g/mol. The summed E-state index contributed by atoms with van der Waals surface area (Å²) >= 11 is 0.